The minimum Gasteiger partial charge on any atom is -0.480 e. The van der Waals surface area contributed by atoms with E-state index in [1.54, 1.807) is 0 Å². The van der Waals surface area contributed by atoms with Gasteiger partial charge in [-0.2, -0.15) is 0 Å². The van der Waals surface area contributed by atoms with Crippen molar-refractivity contribution in [3.8, 4) is 0 Å². The van der Waals surface area contributed by atoms with Crippen molar-refractivity contribution >= 4 is 23.8 Å². The number of carbonyl (C=O) groups is 4. The maximum Gasteiger partial charge on any atom is 0.325 e. The topological polar surface area (TPSA) is 107 Å². The Balaban J connectivity index is 2.03. The molecule has 1 heterocycles. The summed E-state index contributed by atoms with van der Waals surface area (Å²) in [6, 6.07) is -0.569. The van der Waals surface area contributed by atoms with E-state index in [4.69, 9.17) is 5.11 Å². The monoisotopic (exact) mass is 367 g/mol. The average Bonchev–Trinajstić information content (AvgIpc) is 2.79. The third-order valence-corrected chi connectivity index (χ3v) is 6.19. The number of rotatable bonds is 6. The number of nitrogens with zero attached hydrogens (tertiary/aromatic N) is 2. The largest absolute Gasteiger partial charge is 0.480 e. The number of carboxylic acid groups (broad SMARTS) is 1. The normalized spacial score (nSPS) is 26.2. The van der Waals surface area contributed by atoms with Crippen LogP contribution >= 0.6 is 0 Å². The third-order valence-electron chi connectivity index (χ3n) is 6.19. The Hall–Kier alpha value is -2.12. The summed E-state index contributed by atoms with van der Waals surface area (Å²) in [7, 11) is 1.34. The fourth-order valence-electron chi connectivity index (χ4n) is 3.89. The predicted molar refractivity (Wildman–Crippen MR) is 94.3 cm³/mol. The van der Waals surface area contributed by atoms with E-state index < -0.39 is 36.5 Å². The summed E-state index contributed by atoms with van der Waals surface area (Å²) in [6.45, 7) is 5.72. The van der Waals surface area contributed by atoms with Gasteiger partial charge in [0.05, 0.1) is 0 Å². The van der Waals surface area contributed by atoms with Gasteiger partial charge in [0.25, 0.3) is 5.91 Å². The third kappa shape index (κ3) is 3.83. The number of aliphatic carboxylic acids is 1. The number of urea groups is 1. The fraction of sp³-hybridized carbons (Fsp3) is 0.778. The Kier molecular flexibility index (Phi) is 5.63. The van der Waals surface area contributed by atoms with Crippen LogP contribution < -0.4 is 5.32 Å². The number of imide groups is 1. The highest BCUT2D eigenvalue weighted by molar-refractivity contribution is 6.09. The van der Waals surface area contributed by atoms with E-state index in [2.05, 4.69) is 26.1 Å². The lowest BCUT2D eigenvalue weighted by atomic mass is 9.65. The summed E-state index contributed by atoms with van der Waals surface area (Å²) in [5, 5.41) is 11.5. The van der Waals surface area contributed by atoms with Gasteiger partial charge in [-0.3, -0.25) is 19.3 Å². The van der Waals surface area contributed by atoms with E-state index >= 15 is 0 Å². The van der Waals surface area contributed by atoms with Gasteiger partial charge in [-0.15, -0.1) is 0 Å². The lowest BCUT2D eigenvalue weighted by Crippen LogP contribution is -2.51. The van der Waals surface area contributed by atoms with Gasteiger partial charge in [0.2, 0.25) is 5.91 Å². The van der Waals surface area contributed by atoms with E-state index in [1.165, 1.54) is 7.05 Å². The second-order valence-electron chi connectivity index (χ2n) is 8.16. The van der Waals surface area contributed by atoms with E-state index in [0.717, 1.165) is 29.1 Å². The highest BCUT2D eigenvalue weighted by Crippen LogP contribution is 2.45. The van der Waals surface area contributed by atoms with Gasteiger partial charge in [-0.1, -0.05) is 27.2 Å². The highest BCUT2D eigenvalue weighted by Gasteiger charge is 2.53. The molecule has 0 aromatic carbocycles. The molecule has 8 nitrogen and oxygen atoms in total. The van der Waals surface area contributed by atoms with Gasteiger partial charge < -0.3 is 15.3 Å². The molecule has 0 unspecified atom stereocenters. The Labute approximate surface area is 153 Å². The number of hydrogen-bond donors (Lipinski definition) is 2. The Morgan fingerprint density at radius 2 is 1.88 bits per heavy atom. The average molecular weight is 367 g/mol. The first kappa shape index (κ1) is 20.2. The minimum absolute atomic E-state index is 0.197. The molecular weight excluding hydrogens is 338 g/mol. The van der Waals surface area contributed by atoms with Gasteiger partial charge in [0, 0.05) is 7.05 Å². The molecule has 1 spiro atoms. The zero-order chi connectivity index (χ0) is 19.7. The van der Waals surface area contributed by atoms with Crippen molar-refractivity contribution in [2.45, 2.75) is 58.4 Å². The Morgan fingerprint density at radius 1 is 1.31 bits per heavy atom. The van der Waals surface area contributed by atoms with Crippen LogP contribution in [0.1, 0.15) is 52.9 Å². The summed E-state index contributed by atoms with van der Waals surface area (Å²) in [4.78, 5) is 49.9. The number of amides is 4. The van der Waals surface area contributed by atoms with Gasteiger partial charge in [0.15, 0.2) is 0 Å². The van der Waals surface area contributed by atoms with Crippen molar-refractivity contribution in [1.29, 1.82) is 0 Å². The molecule has 1 aliphatic heterocycles. The lowest BCUT2D eigenvalue weighted by molar-refractivity contribution is -0.144. The molecule has 0 bridgehead atoms. The summed E-state index contributed by atoms with van der Waals surface area (Å²) in [5.74, 6) is -1.59. The van der Waals surface area contributed by atoms with Crippen molar-refractivity contribution in [3.63, 3.8) is 0 Å². The smallest absolute Gasteiger partial charge is 0.325 e. The predicted octanol–water partition coefficient (Wildman–Crippen LogP) is 1.45. The van der Waals surface area contributed by atoms with Crippen LogP contribution in [0, 0.1) is 11.3 Å². The molecule has 1 aliphatic carbocycles. The maximum absolute atomic E-state index is 12.9. The molecule has 0 atom stereocenters. The van der Waals surface area contributed by atoms with Crippen LogP contribution in [0.4, 0.5) is 4.79 Å². The number of likely N-dealkylation sites (N-methyl/N-ethyl adjacent to an activating group) is 1. The van der Waals surface area contributed by atoms with Crippen molar-refractivity contribution in [3.05, 3.63) is 0 Å². The molecule has 0 aromatic heterocycles. The molecule has 2 N–H and O–H groups in total. The molecule has 2 fully saturated rings. The maximum atomic E-state index is 12.9. The molecule has 0 radical (unpaired) electrons. The van der Waals surface area contributed by atoms with E-state index in [1.807, 2.05) is 0 Å². The first-order chi connectivity index (χ1) is 12.0. The van der Waals surface area contributed by atoms with Crippen LogP contribution in [0.15, 0.2) is 0 Å². The molecule has 0 aromatic rings. The second kappa shape index (κ2) is 7.25. The van der Waals surface area contributed by atoms with Crippen LogP contribution in [0.25, 0.3) is 0 Å². The zero-order valence-corrected chi connectivity index (χ0v) is 16.0. The highest BCUT2D eigenvalue weighted by atomic mass is 16.4. The van der Waals surface area contributed by atoms with Crippen LogP contribution in [0.2, 0.25) is 0 Å². The molecule has 4 amide bonds. The molecule has 26 heavy (non-hydrogen) atoms. The summed E-state index contributed by atoms with van der Waals surface area (Å²) < 4.78 is 0. The molecule has 8 heteroatoms. The zero-order valence-electron chi connectivity index (χ0n) is 16.0. The van der Waals surface area contributed by atoms with Crippen molar-refractivity contribution < 1.29 is 24.3 Å². The minimum atomic E-state index is -1.15. The van der Waals surface area contributed by atoms with E-state index in [9.17, 15) is 19.2 Å². The van der Waals surface area contributed by atoms with Gasteiger partial charge in [0.1, 0.15) is 18.6 Å². The number of nitrogens with one attached hydrogen (secondary N) is 1. The standard InChI is InChI=1S/C18H29N3O5/c1-5-17(2,3)12-6-8-18(9-7-12)15(25)21(16(26)19-18)10-13(22)20(4)11-14(23)24/h12H,5-11H2,1-4H3,(H,19,26)(H,23,24). The number of hydrogen-bond acceptors (Lipinski definition) is 4. The molecule has 2 rings (SSSR count). The molecule has 1 saturated carbocycles. The summed E-state index contributed by atoms with van der Waals surface area (Å²) >= 11 is 0. The van der Waals surface area contributed by atoms with Crippen molar-refractivity contribution in [2.24, 2.45) is 11.3 Å². The molecule has 146 valence electrons. The Bertz CT molecular complexity index is 608. The Morgan fingerprint density at radius 3 is 2.38 bits per heavy atom. The van der Waals surface area contributed by atoms with Crippen LogP contribution in [0.3, 0.4) is 0 Å². The summed E-state index contributed by atoms with van der Waals surface area (Å²) in [5.41, 5.74) is -0.717. The molecular formula is C18H29N3O5. The molecule has 2 aliphatic rings. The van der Waals surface area contributed by atoms with Gasteiger partial charge in [-0.25, -0.2) is 4.79 Å². The summed E-state index contributed by atoms with van der Waals surface area (Å²) in [6.07, 6.45) is 3.91. The van der Waals surface area contributed by atoms with Crippen molar-refractivity contribution in [2.75, 3.05) is 20.1 Å². The number of carbonyl (C=O) groups excluding carboxylic acids is 3. The van der Waals surface area contributed by atoms with E-state index in [-0.39, 0.29) is 11.3 Å². The quantitative estimate of drug-likeness (QED) is 0.691. The van der Waals surface area contributed by atoms with Crippen LogP contribution in [-0.4, -0.2) is 64.4 Å². The molecule has 1 saturated heterocycles. The second-order valence-corrected chi connectivity index (χ2v) is 8.16. The van der Waals surface area contributed by atoms with Gasteiger partial charge >= 0.3 is 12.0 Å². The van der Waals surface area contributed by atoms with Crippen molar-refractivity contribution in [1.82, 2.24) is 15.1 Å². The lowest BCUT2D eigenvalue weighted by Gasteiger charge is -2.42. The van der Waals surface area contributed by atoms with E-state index in [0.29, 0.717) is 18.8 Å². The van der Waals surface area contributed by atoms with Crippen LogP contribution in [0.5, 0.6) is 0 Å². The van der Waals surface area contributed by atoms with Crippen LogP contribution in [-0.2, 0) is 14.4 Å². The first-order valence-electron chi connectivity index (χ1n) is 9.12. The fourth-order valence-corrected chi connectivity index (χ4v) is 3.89. The first-order valence-corrected chi connectivity index (χ1v) is 9.12. The van der Waals surface area contributed by atoms with Gasteiger partial charge in [-0.05, 0) is 37.0 Å². The number of carboxylic acids is 1. The SMILES string of the molecule is CCC(C)(C)C1CCC2(CC1)NC(=O)N(CC(=O)N(C)CC(=O)O)C2=O.